The number of carbonyl (C=O) groups excluding carboxylic acids is 1. The molecule has 0 bridgehead atoms. The van der Waals surface area contributed by atoms with Crippen LogP contribution in [0.2, 0.25) is 0 Å². The Morgan fingerprint density at radius 2 is 1.74 bits per heavy atom. The summed E-state index contributed by atoms with van der Waals surface area (Å²) in [5.74, 6) is -2.25. The van der Waals surface area contributed by atoms with Crippen molar-refractivity contribution in [3.05, 3.63) is 0 Å². The van der Waals surface area contributed by atoms with E-state index in [-0.39, 0.29) is 12.5 Å². The number of nitrogens with one attached hydrogen (secondary N) is 1. The van der Waals surface area contributed by atoms with Crippen molar-refractivity contribution in [3.63, 3.8) is 0 Å². The van der Waals surface area contributed by atoms with Gasteiger partial charge in [-0.25, -0.2) is 0 Å². The van der Waals surface area contributed by atoms with Crippen molar-refractivity contribution in [2.75, 3.05) is 19.8 Å². The standard InChI is InChI=1S/C13H23NO5/c1-5-18-8(19-6-2)7-14-11(15)9-10(12(16)17)13(9,3)4/h8-10H,5-7H2,1-4H3,(H,14,15)(H,16,17)/t9-,10+/m1/s1. The summed E-state index contributed by atoms with van der Waals surface area (Å²) in [7, 11) is 0. The van der Waals surface area contributed by atoms with Crippen LogP contribution in [-0.2, 0) is 19.1 Å². The fourth-order valence-corrected chi connectivity index (χ4v) is 2.42. The highest BCUT2D eigenvalue weighted by molar-refractivity contribution is 5.91. The van der Waals surface area contributed by atoms with Gasteiger partial charge < -0.3 is 19.9 Å². The van der Waals surface area contributed by atoms with E-state index in [9.17, 15) is 9.59 Å². The van der Waals surface area contributed by atoms with Crippen molar-refractivity contribution < 1.29 is 24.2 Å². The van der Waals surface area contributed by atoms with E-state index < -0.39 is 29.5 Å². The number of aliphatic carboxylic acids is 1. The van der Waals surface area contributed by atoms with Crippen molar-refractivity contribution >= 4 is 11.9 Å². The zero-order chi connectivity index (χ0) is 14.6. The molecule has 0 saturated heterocycles. The molecule has 6 nitrogen and oxygen atoms in total. The van der Waals surface area contributed by atoms with Crippen LogP contribution in [0.5, 0.6) is 0 Å². The number of amides is 1. The number of carbonyl (C=O) groups is 2. The molecule has 2 N–H and O–H groups in total. The summed E-state index contributed by atoms with van der Waals surface area (Å²) >= 11 is 0. The Morgan fingerprint density at radius 3 is 2.11 bits per heavy atom. The molecular weight excluding hydrogens is 250 g/mol. The molecule has 0 aliphatic heterocycles. The van der Waals surface area contributed by atoms with Gasteiger partial charge in [-0.05, 0) is 19.3 Å². The molecular formula is C13H23NO5. The molecule has 0 aromatic heterocycles. The Hall–Kier alpha value is -1.14. The van der Waals surface area contributed by atoms with Gasteiger partial charge in [0.05, 0.1) is 18.4 Å². The first-order valence-corrected chi connectivity index (χ1v) is 6.59. The number of hydrogen-bond donors (Lipinski definition) is 2. The number of carboxylic acids is 1. The van der Waals surface area contributed by atoms with Gasteiger partial charge in [-0.3, -0.25) is 9.59 Å². The Kier molecular flexibility index (Phi) is 5.31. The zero-order valence-electron chi connectivity index (χ0n) is 11.9. The molecule has 1 aliphatic carbocycles. The lowest BCUT2D eigenvalue weighted by Gasteiger charge is -2.17. The molecule has 0 spiro atoms. The van der Waals surface area contributed by atoms with Gasteiger partial charge in [0.25, 0.3) is 0 Å². The van der Waals surface area contributed by atoms with Crippen molar-refractivity contribution in [1.82, 2.24) is 5.32 Å². The first-order valence-electron chi connectivity index (χ1n) is 6.59. The molecule has 110 valence electrons. The fraction of sp³-hybridized carbons (Fsp3) is 0.846. The second-order valence-corrected chi connectivity index (χ2v) is 5.20. The average molecular weight is 273 g/mol. The smallest absolute Gasteiger partial charge is 0.307 e. The highest BCUT2D eigenvalue weighted by Crippen LogP contribution is 2.58. The van der Waals surface area contributed by atoms with E-state index >= 15 is 0 Å². The van der Waals surface area contributed by atoms with E-state index in [1.165, 1.54) is 0 Å². The summed E-state index contributed by atoms with van der Waals surface area (Å²) in [4.78, 5) is 23.0. The van der Waals surface area contributed by atoms with Gasteiger partial charge in [0.1, 0.15) is 0 Å². The highest BCUT2D eigenvalue weighted by atomic mass is 16.7. The van der Waals surface area contributed by atoms with Crippen LogP contribution in [0.1, 0.15) is 27.7 Å². The van der Waals surface area contributed by atoms with Gasteiger partial charge in [0, 0.05) is 13.2 Å². The van der Waals surface area contributed by atoms with Crippen LogP contribution in [-0.4, -0.2) is 43.0 Å². The lowest BCUT2D eigenvalue weighted by molar-refractivity contribution is -0.143. The molecule has 0 aromatic carbocycles. The van der Waals surface area contributed by atoms with Crippen LogP contribution in [0.25, 0.3) is 0 Å². The first-order chi connectivity index (χ1) is 8.86. The molecule has 1 rings (SSSR count). The molecule has 1 saturated carbocycles. The Labute approximate surface area is 113 Å². The summed E-state index contributed by atoms with van der Waals surface area (Å²) in [5.41, 5.74) is -0.483. The lowest BCUT2D eigenvalue weighted by atomic mass is 10.1. The molecule has 1 fully saturated rings. The predicted octanol–water partition coefficient (Wildman–Crippen LogP) is 0.858. The predicted molar refractivity (Wildman–Crippen MR) is 68.4 cm³/mol. The van der Waals surface area contributed by atoms with Crippen LogP contribution in [0.3, 0.4) is 0 Å². The van der Waals surface area contributed by atoms with Crippen molar-refractivity contribution in [2.24, 2.45) is 17.3 Å². The molecule has 0 unspecified atom stereocenters. The van der Waals surface area contributed by atoms with E-state index in [4.69, 9.17) is 14.6 Å². The van der Waals surface area contributed by atoms with Gasteiger partial charge in [-0.1, -0.05) is 13.8 Å². The second kappa shape index (κ2) is 6.34. The van der Waals surface area contributed by atoms with Gasteiger partial charge in [0.2, 0.25) is 5.91 Å². The quantitative estimate of drug-likeness (QED) is 0.641. The minimum absolute atomic E-state index is 0.236. The first kappa shape index (κ1) is 15.9. The summed E-state index contributed by atoms with van der Waals surface area (Å²) in [6.45, 7) is 8.49. The number of carboxylic acid groups (broad SMARTS) is 1. The number of rotatable bonds is 8. The maximum absolute atomic E-state index is 12.0. The third kappa shape index (κ3) is 3.67. The largest absolute Gasteiger partial charge is 0.481 e. The molecule has 1 amide bonds. The minimum atomic E-state index is -0.920. The SMILES string of the molecule is CCOC(CNC(=O)[C@H]1[C@@H](C(=O)O)C1(C)C)OCC. The molecule has 2 atom stereocenters. The molecule has 1 aliphatic rings. The van der Waals surface area contributed by atoms with Gasteiger partial charge in [-0.15, -0.1) is 0 Å². The maximum Gasteiger partial charge on any atom is 0.307 e. The van der Waals surface area contributed by atoms with E-state index in [1.807, 2.05) is 13.8 Å². The summed E-state index contributed by atoms with van der Waals surface area (Å²) < 4.78 is 10.6. The molecule has 19 heavy (non-hydrogen) atoms. The molecule has 0 heterocycles. The normalized spacial score (nSPS) is 24.3. The van der Waals surface area contributed by atoms with Crippen LogP contribution in [0.15, 0.2) is 0 Å². The molecule has 0 radical (unpaired) electrons. The summed E-state index contributed by atoms with van der Waals surface area (Å²) in [6, 6.07) is 0. The highest BCUT2D eigenvalue weighted by Gasteiger charge is 2.65. The van der Waals surface area contributed by atoms with Crippen LogP contribution in [0.4, 0.5) is 0 Å². The van der Waals surface area contributed by atoms with Crippen molar-refractivity contribution in [1.29, 1.82) is 0 Å². The van der Waals surface area contributed by atoms with E-state index in [0.29, 0.717) is 13.2 Å². The van der Waals surface area contributed by atoms with Crippen molar-refractivity contribution in [3.8, 4) is 0 Å². The molecule has 0 aromatic rings. The van der Waals surface area contributed by atoms with Crippen LogP contribution in [0, 0.1) is 17.3 Å². The average Bonchev–Trinajstić information content (AvgIpc) is 2.90. The van der Waals surface area contributed by atoms with Gasteiger partial charge >= 0.3 is 5.97 Å². The Bertz CT molecular complexity index is 336. The number of ether oxygens (including phenoxy) is 2. The Balaban J connectivity index is 2.46. The van der Waals surface area contributed by atoms with Crippen molar-refractivity contribution in [2.45, 2.75) is 34.0 Å². The zero-order valence-corrected chi connectivity index (χ0v) is 11.9. The molecule has 6 heteroatoms. The van der Waals surface area contributed by atoms with E-state index in [0.717, 1.165) is 0 Å². The number of hydrogen-bond acceptors (Lipinski definition) is 4. The Morgan fingerprint density at radius 1 is 1.21 bits per heavy atom. The topological polar surface area (TPSA) is 84.9 Å². The van der Waals surface area contributed by atoms with E-state index in [1.54, 1.807) is 13.8 Å². The third-order valence-corrected chi connectivity index (χ3v) is 3.52. The second-order valence-electron chi connectivity index (χ2n) is 5.20. The third-order valence-electron chi connectivity index (χ3n) is 3.52. The van der Waals surface area contributed by atoms with Crippen LogP contribution >= 0.6 is 0 Å². The summed E-state index contributed by atoms with van der Waals surface area (Å²) in [6.07, 6.45) is -0.482. The van der Waals surface area contributed by atoms with Gasteiger partial charge in [-0.2, -0.15) is 0 Å². The fourth-order valence-electron chi connectivity index (χ4n) is 2.42. The van der Waals surface area contributed by atoms with Gasteiger partial charge in [0.15, 0.2) is 6.29 Å². The lowest BCUT2D eigenvalue weighted by Crippen LogP contribution is -2.37. The summed E-state index contributed by atoms with van der Waals surface area (Å²) in [5, 5.41) is 11.7. The van der Waals surface area contributed by atoms with E-state index in [2.05, 4.69) is 5.32 Å². The monoisotopic (exact) mass is 273 g/mol. The van der Waals surface area contributed by atoms with Crippen LogP contribution < -0.4 is 5.32 Å². The minimum Gasteiger partial charge on any atom is -0.481 e. The maximum atomic E-state index is 12.0.